The summed E-state index contributed by atoms with van der Waals surface area (Å²) in [7, 11) is -3.52. The third kappa shape index (κ3) is 2.53. The average Bonchev–Trinajstić information content (AvgIpc) is 3.22. The Bertz CT molecular complexity index is 871. The summed E-state index contributed by atoms with van der Waals surface area (Å²) in [5, 5.41) is 0. The Morgan fingerprint density at radius 1 is 0.958 bits per heavy atom. The van der Waals surface area contributed by atoms with Gasteiger partial charge in [0.15, 0.2) is 0 Å². The van der Waals surface area contributed by atoms with Crippen LogP contribution in [0.2, 0.25) is 0 Å². The largest absolute Gasteiger partial charge is 0.349 e. The second kappa shape index (κ2) is 5.75. The lowest BCUT2D eigenvalue weighted by atomic mass is 10.3. The second-order valence-corrected chi connectivity index (χ2v) is 8.11. The molecule has 6 nitrogen and oxygen atoms in total. The molecule has 1 amide bonds. The zero-order valence-corrected chi connectivity index (χ0v) is 14.1. The molecule has 4 rings (SSSR count). The van der Waals surface area contributed by atoms with Crippen LogP contribution in [0.4, 0.5) is 5.69 Å². The molecule has 24 heavy (non-hydrogen) atoms. The van der Waals surface area contributed by atoms with Gasteiger partial charge in [-0.2, -0.15) is 4.31 Å². The lowest BCUT2D eigenvalue weighted by molar-refractivity contribution is -0.117. The van der Waals surface area contributed by atoms with E-state index in [9.17, 15) is 13.2 Å². The normalized spacial score (nSPS) is 18.8. The molecule has 0 aliphatic carbocycles. The van der Waals surface area contributed by atoms with Crippen LogP contribution in [-0.2, 0) is 27.9 Å². The summed E-state index contributed by atoms with van der Waals surface area (Å²) in [6.45, 7) is 2.23. The quantitative estimate of drug-likeness (QED) is 0.852. The van der Waals surface area contributed by atoms with E-state index in [1.165, 1.54) is 4.31 Å². The van der Waals surface area contributed by atoms with E-state index in [-0.39, 0.29) is 10.8 Å². The summed E-state index contributed by atoms with van der Waals surface area (Å²) in [5.41, 5.74) is 1.77. The topological polar surface area (TPSA) is 62.6 Å². The molecule has 0 saturated carbocycles. The Balaban J connectivity index is 1.57. The first-order valence-corrected chi connectivity index (χ1v) is 9.54. The van der Waals surface area contributed by atoms with Gasteiger partial charge in [0.05, 0.1) is 11.4 Å². The van der Waals surface area contributed by atoms with Crippen molar-refractivity contribution in [2.75, 3.05) is 18.0 Å². The Morgan fingerprint density at radius 2 is 1.75 bits per heavy atom. The molecule has 0 unspecified atom stereocenters. The number of hydrogen-bond acceptors (Lipinski definition) is 3. The highest BCUT2D eigenvalue weighted by Crippen LogP contribution is 2.26. The molecule has 1 aromatic heterocycles. The number of aromatic nitrogens is 1. The first-order valence-electron chi connectivity index (χ1n) is 8.10. The minimum atomic E-state index is -3.52. The maximum absolute atomic E-state index is 12.9. The molecule has 1 fully saturated rings. The highest BCUT2D eigenvalue weighted by atomic mass is 32.2. The standard InChI is InChI=1S/C17H19N3O3S/c21-17-4-2-10-20(17)14-5-7-16(8-6-14)24(22,23)19-12-11-18-9-1-3-15(18)13-19/h1,3,5-9H,2,4,10-13H2. The van der Waals surface area contributed by atoms with Crippen molar-refractivity contribution >= 4 is 21.6 Å². The fourth-order valence-corrected chi connectivity index (χ4v) is 4.77. The fraction of sp³-hybridized carbons (Fsp3) is 0.353. The molecule has 1 saturated heterocycles. The summed E-state index contributed by atoms with van der Waals surface area (Å²) >= 11 is 0. The van der Waals surface area contributed by atoms with Gasteiger partial charge in [0.2, 0.25) is 15.9 Å². The molecule has 0 N–H and O–H groups in total. The number of rotatable bonds is 3. The summed E-state index contributed by atoms with van der Waals surface area (Å²) < 4.78 is 29.3. The Hall–Kier alpha value is -2.12. The van der Waals surface area contributed by atoms with E-state index >= 15 is 0 Å². The number of benzene rings is 1. The van der Waals surface area contributed by atoms with Crippen molar-refractivity contribution in [3.8, 4) is 0 Å². The van der Waals surface area contributed by atoms with Crippen molar-refractivity contribution in [3.05, 3.63) is 48.3 Å². The summed E-state index contributed by atoms with van der Waals surface area (Å²) in [6, 6.07) is 10.5. The lowest BCUT2D eigenvalue weighted by Crippen LogP contribution is -2.37. The predicted molar refractivity (Wildman–Crippen MR) is 90.1 cm³/mol. The van der Waals surface area contributed by atoms with Crippen LogP contribution >= 0.6 is 0 Å². The average molecular weight is 345 g/mol. The van der Waals surface area contributed by atoms with Crippen molar-refractivity contribution in [2.45, 2.75) is 30.8 Å². The van der Waals surface area contributed by atoms with Crippen LogP contribution in [-0.4, -0.2) is 36.3 Å². The molecule has 1 aromatic carbocycles. The lowest BCUT2D eigenvalue weighted by Gasteiger charge is -2.28. The summed E-state index contributed by atoms with van der Waals surface area (Å²) in [4.78, 5) is 13.8. The van der Waals surface area contributed by atoms with Crippen LogP contribution in [0.15, 0.2) is 47.5 Å². The second-order valence-electron chi connectivity index (χ2n) is 6.17. The SMILES string of the molecule is O=C1CCCN1c1ccc(S(=O)(=O)N2CCn3cccc3C2)cc1. The van der Waals surface area contributed by atoms with Crippen LogP contribution < -0.4 is 4.90 Å². The van der Waals surface area contributed by atoms with E-state index in [1.54, 1.807) is 29.2 Å². The number of nitrogens with zero attached hydrogens (tertiary/aromatic N) is 3. The number of sulfonamides is 1. The molecule has 7 heteroatoms. The van der Waals surface area contributed by atoms with E-state index in [4.69, 9.17) is 0 Å². The van der Waals surface area contributed by atoms with Gasteiger partial charge in [-0.1, -0.05) is 0 Å². The zero-order valence-electron chi connectivity index (χ0n) is 13.3. The molecular formula is C17H19N3O3S. The van der Waals surface area contributed by atoms with Gasteiger partial charge >= 0.3 is 0 Å². The van der Waals surface area contributed by atoms with Crippen LogP contribution in [0.3, 0.4) is 0 Å². The number of amides is 1. The molecule has 0 radical (unpaired) electrons. The molecule has 3 heterocycles. The molecule has 2 aromatic rings. The zero-order chi connectivity index (χ0) is 16.7. The van der Waals surface area contributed by atoms with Crippen molar-refractivity contribution in [1.29, 1.82) is 0 Å². The van der Waals surface area contributed by atoms with Crippen LogP contribution in [0.5, 0.6) is 0 Å². The van der Waals surface area contributed by atoms with Gasteiger partial charge in [-0.3, -0.25) is 4.79 Å². The van der Waals surface area contributed by atoms with Gasteiger partial charge < -0.3 is 9.47 Å². The van der Waals surface area contributed by atoms with Crippen LogP contribution in [0, 0.1) is 0 Å². The first kappa shape index (κ1) is 15.4. The third-order valence-electron chi connectivity index (χ3n) is 4.71. The molecule has 0 bridgehead atoms. The highest BCUT2D eigenvalue weighted by molar-refractivity contribution is 7.89. The van der Waals surface area contributed by atoms with Crippen molar-refractivity contribution < 1.29 is 13.2 Å². The van der Waals surface area contributed by atoms with Crippen molar-refractivity contribution in [2.24, 2.45) is 0 Å². The minimum Gasteiger partial charge on any atom is -0.349 e. The highest BCUT2D eigenvalue weighted by Gasteiger charge is 2.28. The number of anilines is 1. The van der Waals surface area contributed by atoms with Crippen molar-refractivity contribution in [3.63, 3.8) is 0 Å². The fourth-order valence-electron chi connectivity index (χ4n) is 3.36. The Kier molecular flexibility index (Phi) is 3.69. The van der Waals surface area contributed by atoms with Gasteiger partial charge in [0, 0.05) is 43.6 Å². The van der Waals surface area contributed by atoms with E-state index in [1.807, 2.05) is 18.3 Å². The molecule has 2 aliphatic heterocycles. The first-order chi connectivity index (χ1) is 11.6. The molecule has 0 spiro atoms. The Labute approximate surface area is 141 Å². The molecule has 126 valence electrons. The maximum atomic E-state index is 12.9. The number of carbonyl (C=O) groups excluding carboxylic acids is 1. The number of fused-ring (bicyclic) bond motifs is 1. The minimum absolute atomic E-state index is 0.0994. The summed E-state index contributed by atoms with van der Waals surface area (Å²) in [6.07, 6.45) is 3.39. The van der Waals surface area contributed by atoms with Gasteiger partial charge in [0.25, 0.3) is 0 Å². The molecular weight excluding hydrogens is 326 g/mol. The van der Waals surface area contributed by atoms with Gasteiger partial charge in [-0.05, 0) is 42.8 Å². The molecule has 0 atom stereocenters. The molecule has 2 aliphatic rings. The predicted octanol–water partition coefficient (Wildman–Crippen LogP) is 1.82. The number of carbonyl (C=O) groups is 1. The van der Waals surface area contributed by atoms with E-state index in [0.29, 0.717) is 32.6 Å². The third-order valence-corrected chi connectivity index (χ3v) is 6.57. The van der Waals surface area contributed by atoms with Crippen LogP contribution in [0.1, 0.15) is 18.5 Å². The van der Waals surface area contributed by atoms with Gasteiger partial charge in [-0.15, -0.1) is 0 Å². The number of hydrogen-bond donors (Lipinski definition) is 0. The van der Waals surface area contributed by atoms with Gasteiger partial charge in [-0.25, -0.2) is 8.42 Å². The Morgan fingerprint density at radius 3 is 2.46 bits per heavy atom. The van der Waals surface area contributed by atoms with E-state index in [2.05, 4.69) is 4.57 Å². The monoisotopic (exact) mass is 345 g/mol. The summed E-state index contributed by atoms with van der Waals surface area (Å²) in [5.74, 6) is 0.0994. The van der Waals surface area contributed by atoms with E-state index < -0.39 is 10.0 Å². The maximum Gasteiger partial charge on any atom is 0.243 e. The van der Waals surface area contributed by atoms with Crippen LogP contribution in [0.25, 0.3) is 0 Å². The van der Waals surface area contributed by atoms with Gasteiger partial charge in [0.1, 0.15) is 0 Å². The van der Waals surface area contributed by atoms with E-state index in [0.717, 1.165) is 17.8 Å². The smallest absolute Gasteiger partial charge is 0.243 e. The van der Waals surface area contributed by atoms with Crippen molar-refractivity contribution in [1.82, 2.24) is 8.87 Å².